The molecule has 1 amide bonds. The van der Waals surface area contributed by atoms with Crippen molar-refractivity contribution in [1.29, 1.82) is 0 Å². The summed E-state index contributed by atoms with van der Waals surface area (Å²) in [5.41, 5.74) is 0. The van der Waals surface area contributed by atoms with Crippen LogP contribution in [0.25, 0.3) is 0 Å². The number of nitrogens with one attached hydrogen (secondary N) is 1. The van der Waals surface area contributed by atoms with Gasteiger partial charge in [-0.05, 0) is 19.3 Å². The lowest BCUT2D eigenvalue weighted by Gasteiger charge is -2.21. The second-order valence-corrected chi connectivity index (χ2v) is 3.69. The van der Waals surface area contributed by atoms with Crippen LogP contribution in [-0.4, -0.2) is 36.2 Å². The van der Waals surface area contributed by atoms with Crippen molar-refractivity contribution in [3.05, 3.63) is 0 Å². The van der Waals surface area contributed by atoms with Crippen molar-refractivity contribution in [3.63, 3.8) is 0 Å². The van der Waals surface area contributed by atoms with Crippen molar-refractivity contribution in [2.45, 2.75) is 38.2 Å². The van der Waals surface area contributed by atoms with E-state index >= 15 is 0 Å². The van der Waals surface area contributed by atoms with E-state index in [9.17, 15) is 9.59 Å². The van der Waals surface area contributed by atoms with Gasteiger partial charge in [-0.3, -0.25) is 9.59 Å². The Morgan fingerprint density at radius 2 is 2.20 bits per heavy atom. The number of ether oxygens (including phenoxy) is 1. The maximum atomic E-state index is 11.3. The van der Waals surface area contributed by atoms with Crippen LogP contribution in [0, 0.1) is 0 Å². The fourth-order valence-electron chi connectivity index (χ4n) is 1.56. The van der Waals surface area contributed by atoms with Gasteiger partial charge in [0.1, 0.15) is 0 Å². The molecule has 0 aromatic heterocycles. The summed E-state index contributed by atoms with van der Waals surface area (Å²) >= 11 is 0. The molecule has 1 atom stereocenters. The van der Waals surface area contributed by atoms with Gasteiger partial charge in [-0.2, -0.15) is 0 Å². The third kappa shape index (κ3) is 5.37. The van der Waals surface area contributed by atoms with Gasteiger partial charge in [0, 0.05) is 13.2 Å². The largest absolute Gasteiger partial charge is 0.481 e. The van der Waals surface area contributed by atoms with Crippen molar-refractivity contribution >= 4 is 11.9 Å². The topological polar surface area (TPSA) is 75.6 Å². The van der Waals surface area contributed by atoms with Gasteiger partial charge in [-0.15, -0.1) is 0 Å². The predicted octanol–water partition coefficient (Wildman–Crippen LogP) is 0.536. The molecule has 0 bridgehead atoms. The van der Waals surface area contributed by atoms with Crippen molar-refractivity contribution in [3.8, 4) is 0 Å². The number of hydrogen-bond acceptors (Lipinski definition) is 3. The third-order valence-electron chi connectivity index (χ3n) is 2.35. The highest BCUT2D eigenvalue weighted by molar-refractivity contribution is 5.77. The maximum Gasteiger partial charge on any atom is 0.305 e. The summed E-state index contributed by atoms with van der Waals surface area (Å²) in [5, 5.41) is 10.9. The van der Waals surface area contributed by atoms with Crippen LogP contribution >= 0.6 is 0 Å². The Balaban J connectivity index is 2.09. The van der Waals surface area contributed by atoms with E-state index in [1.54, 1.807) is 0 Å². The maximum absolute atomic E-state index is 11.3. The zero-order chi connectivity index (χ0) is 11.1. The van der Waals surface area contributed by atoms with Crippen LogP contribution in [0.3, 0.4) is 0 Å². The minimum Gasteiger partial charge on any atom is -0.481 e. The number of carbonyl (C=O) groups is 2. The highest BCUT2D eigenvalue weighted by atomic mass is 16.5. The second-order valence-electron chi connectivity index (χ2n) is 3.69. The minimum absolute atomic E-state index is 0.0172. The van der Waals surface area contributed by atoms with Gasteiger partial charge in [-0.25, -0.2) is 0 Å². The van der Waals surface area contributed by atoms with Gasteiger partial charge >= 0.3 is 5.97 Å². The first-order valence-electron chi connectivity index (χ1n) is 5.28. The molecule has 1 aliphatic rings. The van der Waals surface area contributed by atoms with Gasteiger partial charge in [0.05, 0.1) is 18.9 Å². The van der Waals surface area contributed by atoms with Crippen LogP contribution in [0.2, 0.25) is 0 Å². The van der Waals surface area contributed by atoms with Crippen molar-refractivity contribution in [2.24, 2.45) is 0 Å². The summed E-state index contributed by atoms with van der Waals surface area (Å²) in [6.07, 6.45) is 3.43. The Bertz CT molecular complexity index is 223. The molecule has 5 nitrogen and oxygen atoms in total. The predicted molar refractivity (Wildman–Crippen MR) is 53.5 cm³/mol. The van der Waals surface area contributed by atoms with Crippen molar-refractivity contribution in [1.82, 2.24) is 5.32 Å². The molecule has 5 heteroatoms. The Hall–Kier alpha value is -1.10. The zero-order valence-electron chi connectivity index (χ0n) is 8.70. The number of amides is 1. The van der Waals surface area contributed by atoms with Crippen molar-refractivity contribution < 1.29 is 19.4 Å². The molecule has 1 heterocycles. The molecule has 1 unspecified atom stereocenters. The minimum atomic E-state index is -0.899. The summed E-state index contributed by atoms with van der Waals surface area (Å²) in [4.78, 5) is 21.5. The molecule has 2 N–H and O–H groups in total. The smallest absolute Gasteiger partial charge is 0.305 e. The fraction of sp³-hybridized carbons (Fsp3) is 0.800. The number of rotatable bonds is 5. The highest BCUT2D eigenvalue weighted by Crippen LogP contribution is 2.15. The van der Waals surface area contributed by atoms with Crippen LogP contribution in [0.15, 0.2) is 0 Å². The molecule has 1 rings (SSSR count). The standard InChI is InChI=1S/C10H17NO4/c12-9(11-5-4-10(13)14)7-8-3-1-2-6-15-8/h8H,1-7H2,(H,11,12)(H,13,14). The molecule has 0 saturated carbocycles. The van der Waals surface area contributed by atoms with E-state index < -0.39 is 5.97 Å². The summed E-state index contributed by atoms with van der Waals surface area (Å²) in [6.45, 7) is 0.925. The first kappa shape index (κ1) is 12.0. The fourth-order valence-corrected chi connectivity index (χ4v) is 1.56. The van der Waals surface area contributed by atoms with E-state index in [2.05, 4.69) is 5.32 Å². The number of carbonyl (C=O) groups excluding carboxylic acids is 1. The SMILES string of the molecule is O=C(O)CCNC(=O)CC1CCCCO1. The number of hydrogen-bond donors (Lipinski definition) is 2. The summed E-state index contributed by atoms with van der Waals surface area (Å²) in [7, 11) is 0. The Morgan fingerprint density at radius 1 is 1.40 bits per heavy atom. The van der Waals surface area contributed by atoms with Gasteiger partial charge in [-0.1, -0.05) is 0 Å². The van der Waals surface area contributed by atoms with Crippen LogP contribution < -0.4 is 5.32 Å². The van der Waals surface area contributed by atoms with E-state index in [1.807, 2.05) is 0 Å². The summed E-state index contributed by atoms with van der Waals surface area (Å²) in [5.74, 6) is -1.02. The molecule has 1 fully saturated rings. The molecule has 0 radical (unpaired) electrons. The molecule has 1 aliphatic heterocycles. The third-order valence-corrected chi connectivity index (χ3v) is 2.35. The number of carboxylic acids is 1. The lowest BCUT2D eigenvalue weighted by atomic mass is 10.1. The molecular formula is C10H17NO4. The summed E-state index contributed by atoms with van der Waals surface area (Å²) in [6, 6.07) is 0. The Morgan fingerprint density at radius 3 is 2.80 bits per heavy atom. The molecular weight excluding hydrogens is 198 g/mol. The van der Waals surface area contributed by atoms with E-state index in [-0.39, 0.29) is 25.0 Å². The molecule has 0 aliphatic carbocycles. The molecule has 1 saturated heterocycles. The lowest BCUT2D eigenvalue weighted by Crippen LogP contribution is -2.31. The van der Waals surface area contributed by atoms with Gasteiger partial charge in [0.2, 0.25) is 5.91 Å². The van der Waals surface area contributed by atoms with Crippen LogP contribution in [-0.2, 0) is 14.3 Å². The molecule has 0 spiro atoms. The Labute approximate surface area is 88.8 Å². The van der Waals surface area contributed by atoms with E-state index in [0.29, 0.717) is 6.42 Å². The second kappa shape index (κ2) is 6.40. The normalized spacial score (nSPS) is 20.9. The molecule has 0 aromatic rings. The first-order chi connectivity index (χ1) is 7.18. The van der Waals surface area contributed by atoms with Crippen LogP contribution in [0.5, 0.6) is 0 Å². The zero-order valence-corrected chi connectivity index (χ0v) is 8.70. The van der Waals surface area contributed by atoms with Gasteiger partial charge < -0.3 is 15.2 Å². The van der Waals surface area contributed by atoms with E-state index in [1.165, 1.54) is 0 Å². The Kier molecular flexibility index (Phi) is 5.10. The molecule has 86 valence electrons. The average Bonchev–Trinajstić information content (AvgIpc) is 2.18. The van der Waals surface area contributed by atoms with E-state index in [4.69, 9.17) is 9.84 Å². The molecule has 15 heavy (non-hydrogen) atoms. The van der Waals surface area contributed by atoms with Crippen LogP contribution in [0.4, 0.5) is 0 Å². The first-order valence-corrected chi connectivity index (χ1v) is 5.28. The van der Waals surface area contributed by atoms with Gasteiger partial charge in [0.15, 0.2) is 0 Å². The molecule has 0 aromatic carbocycles. The number of carboxylic acid groups (broad SMARTS) is 1. The average molecular weight is 215 g/mol. The van der Waals surface area contributed by atoms with E-state index in [0.717, 1.165) is 25.9 Å². The van der Waals surface area contributed by atoms with Gasteiger partial charge in [0.25, 0.3) is 0 Å². The van der Waals surface area contributed by atoms with Crippen molar-refractivity contribution in [2.75, 3.05) is 13.2 Å². The summed E-state index contributed by atoms with van der Waals surface area (Å²) < 4.78 is 5.40. The quantitative estimate of drug-likeness (QED) is 0.701. The lowest BCUT2D eigenvalue weighted by molar-refractivity contribution is -0.137. The highest BCUT2D eigenvalue weighted by Gasteiger charge is 2.17. The van der Waals surface area contributed by atoms with Crippen LogP contribution in [0.1, 0.15) is 32.1 Å². The monoisotopic (exact) mass is 215 g/mol. The number of aliphatic carboxylic acids is 1.